The Morgan fingerprint density at radius 3 is 2.50 bits per heavy atom. The Hall–Kier alpha value is -2.29. The van der Waals surface area contributed by atoms with E-state index in [2.05, 4.69) is 37.0 Å². The average molecular weight is 266 g/mol. The van der Waals surface area contributed by atoms with Gasteiger partial charge in [0.2, 0.25) is 0 Å². The normalized spacial score (nSPS) is 11.3. The fourth-order valence-electron chi connectivity index (χ4n) is 2.52. The van der Waals surface area contributed by atoms with E-state index in [0.717, 1.165) is 28.7 Å². The van der Waals surface area contributed by atoms with Crippen LogP contribution in [0.15, 0.2) is 53.3 Å². The first kappa shape index (κ1) is 12.7. The number of benzene rings is 2. The first-order valence-corrected chi connectivity index (χ1v) is 6.93. The van der Waals surface area contributed by atoms with Crippen molar-refractivity contribution >= 4 is 11.0 Å². The van der Waals surface area contributed by atoms with Gasteiger partial charge < -0.3 is 4.98 Å². The van der Waals surface area contributed by atoms with Crippen LogP contribution in [0.25, 0.3) is 22.2 Å². The van der Waals surface area contributed by atoms with Crippen LogP contribution < -0.4 is 5.69 Å². The Bertz CT molecular complexity index is 782. The van der Waals surface area contributed by atoms with Crippen LogP contribution in [0, 0.1) is 5.92 Å². The SMILES string of the molecule is CC(C)Cn1c(=O)[nH]c2cc(-c3ccccc3)ccc21. The third-order valence-corrected chi connectivity index (χ3v) is 3.43. The van der Waals surface area contributed by atoms with Crippen LogP contribution >= 0.6 is 0 Å². The van der Waals surface area contributed by atoms with Gasteiger partial charge in [0, 0.05) is 6.54 Å². The fourth-order valence-corrected chi connectivity index (χ4v) is 2.52. The van der Waals surface area contributed by atoms with Crippen molar-refractivity contribution in [2.24, 2.45) is 5.92 Å². The molecule has 3 heteroatoms. The number of aromatic amines is 1. The third-order valence-electron chi connectivity index (χ3n) is 3.43. The van der Waals surface area contributed by atoms with E-state index in [0.29, 0.717) is 5.92 Å². The van der Waals surface area contributed by atoms with Crippen LogP contribution in [0.4, 0.5) is 0 Å². The lowest BCUT2D eigenvalue weighted by atomic mass is 10.1. The maximum atomic E-state index is 12.0. The highest BCUT2D eigenvalue weighted by Crippen LogP contribution is 2.23. The molecule has 0 atom stereocenters. The molecule has 0 spiro atoms. The molecule has 0 saturated carbocycles. The third kappa shape index (κ3) is 2.27. The first-order valence-electron chi connectivity index (χ1n) is 6.93. The summed E-state index contributed by atoms with van der Waals surface area (Å²) in [5.74, 6) is 0.445. The van der Waals surface area contributed by atoms with Gasteiger partial charge in [-0.05, 0) is 29.2 Å². The van der Waals surface area contributed by atoms with Gasteiger partial charge in [0.15, 0.2) is 0 Å². The summed E-state index contributed by atoms with van der Waals surface area (Å²) in [6.45, 7) is 4.97. The maximum Gasteiger partial charge on any atom is 0.326 e. The number of aromatic nitrogens is 2. The number of nitrogens with one attached hydrogen (secondary N) is 1. The molecule has 0 aliphatic rings. The van der Waals surface area contributed by atoms with Crippen LogP contribution in [-0.4, -0.2) is 9.55 Å². The smallest absolute Gasteiger partial charge is 0.306 e. The topological polar surface area (TPSA) is 37.8 Å². The highest BCUT2D eigenvalue weighted by atomic mass is 16.1. The van der Waals surface area contributed by atoms with E-state index >= 15 is 0 Å². The molecule has 0 bridgehead atoms. The number of imidazole rings is 1. The van der Waals surface area contributed by atoms with Crippen molar-refractivity contribution in [3.63, 3.8) is 0 Å². The Kier molecular flexibility index (Phi) is 3.18. The number of nitrogens with zero attached hydrogens (tertiary/aromatic N) is 1. The van der Waals surface area contributed by atoms with Crippen molar-refractivity contribution in [3.05, 3.63) is 59.0 Å². The minimum atomic E-state index is -0.0288. The quantitative estimate of drug-likeness (QED) is 0.772. The fraction of sp³-hybridized carbons (Fsp3) is 0.235. The molecule has 0 fully saturated rings. The molecular formula is C17H18N2O. The Morgan fingerprint density at radius 2 is 1.80 bits per heavy atom. The van der Waals surface area contributed by atoms with Gasteiger partial charge in [-0.15, -0.1) is 0 Å². The lowest BCUT2D eigenvalue weighted by molar-refractivity contribution is 0.522. The van der Waals surface area contributed by atoms with Gasteiger partial charge in [0.25, 0.3) is 0 Å². The molecule has 1 heterocycles. The van der Waals surface area contributed by atoms with Crippen molar-refractivity contribution in [2.75, 3.05) is 0 Å². The van der Waals surface area contributed by atoms with Crippen molar-refractivity contribution in [2.45, 2.75) is 20.4 Å². The zero-order chi connectivity index (χ0) is 14.1. The number of fused-ring (bicyclic) bond motifs is 1. The number of hydrogen-bond acceptors (Lipinski definition) is 1. The molecule has 0 amide bonds. The van der Waals surface area contributed by atoms with E-state index in [1.54, 1.807) is 0 Å². The summed E-state index contributed by atoms with van der Waals surface area (Å²) < 4.78 is 1.81. The van der Waals surface area contributed by atoms with Gasteiger partial charge in [-0.2, -0.15) is 0 Å². The molecule has 20 heavy (non-hydrogen) atoms. The summed E-state index contributed by atoms with van der Waals surface area (Å²) in [5.41, 5.74) is 4.13. The minimum absolute atomic E-state index is 0.0288. The molecule has 0 radical (unpaired) electrons. The van der Waals surface area contributed by atoms with Gasteiger partial charge in [-0.3, -0.25) is 4.57 Å². The summed E-state index contributed by atoms with van der Waals surface area (Å²) in [7, 11) is 0. The van der Waals surface area contributed by atoms with Crippen LogP contribution in [0.3, 0.4) is 0 Å². The lowest BCUT2D eigenvalue weighted by Gasteiger charge is -2.07. The second kappa shape index (κ2) is 5.00. The van der Waals surface area contributed by atoms with Gasteiger partial charge >= 0.3 is 5.69 Å². The van der Waals surface area contributed by atoms with Gasteiger partial charge in [-0.1, -0.05) is 50.2 Å². The van der Waals surface area contributed by atoms with Crippen LogP contribution in [0.5, 0.6) is 0 Å². The summed E-state index contributed by atoms with van der Waals surface area (Å²) in [4.78, 5) is 15.0. The molecule has 1 N–H and O–H groups in total. The van der Waals surface area contributed by atoms with E-state index < -0.39 is 0 Å². The van der Waals surface area contributed by atoms with Crippen LogP contribution in [-0.2, 0) is 6.54 Å². The molecule has 0 aliphatic carbocycles. The van der Waals surface area contributed by atoms with Crippen LogP contribution in [0.2, 0.25) is 0 Å². The van der Waals surface area contributed by atoms with Gasteiger partial charge in [0.1, 0.15) is 0 Å². The van der Waals surface area contributed by atoms with Crippen molar-refractivity contribution in [1.29, 1.82) is 0 Å². The summed E-state index contributed by atoms with van der Waals surface area (Å²) >= 11 is 0. The number of H-pyrrole nitrogens is 1. The Labute approximate surface area is 117 Å². The van der Waals surface area contributed by atoms with Crippen molar-refractivity contribution in [3.8, 4) is 11.1 Å². The van der Waals surface area contributed by atoms with Crippen molar-refractivity contribution in [1.82, 2.24) is 9.55 Å². The molecule has 2 aromatic carbocycles. The molecule has 1 aromatic heterocycles. The maximum absolute atomic E-state index is 12.0. The average Bonchev–Trinajstić information content (AvgIpc) is 2.75. The van der Waals surface area contributed by atoms with Crippen LogP contribution in [0.1, 0.15) is 13.8 Å². The number of hydrogen-bond donors (Lipinski definition) is 1. The molecule has 102 valence electrons. The highest BCUT2D eigenvalue weighted by Gasteiger charge is 2.09. The molecule has 0 saturated heterocycles. The van der Waals surface area contributed by atoms with E-state index in [9.17, 15) is 4.79 Å². The minimum Gasteiger partial charge on any atom is -0.306 e. The van der Waals surface area contributed by atoms with E-state index in [4.69, 9.17) is 0 Å². The molecular weight excluding hydrogens is 248 g/mol. The predicted octanol–water partition coefficient (Wildman–Crippen LogP) is 3.65. The highest BCUT2D eigenvalue weighted by molar-refractivity contribution is 5.82. The summed E-state index contributed by atoms with van der Waals surface area (Å²) in [5, 5.41) is 0. The van der Waals surface area contributed by atoms with Crippen molar-refractivity contribution < 1.29 is 0 Å². The standard InChI is InChI=1S/C17H18N2O/c1-12(2)11-19-16-9-8-14(10-15(16)18-17(19)20)13-6-4-3-5-7-13/h3-10,12H,11H2,1-2H3,(H,18,20). The lowest BCUT2D eigenvalue weighted by Crippen LogP contribution is -2.19. The van der Waals surface area contributed by atoms with E-state index in [-0.39, 0.29) is 5.69 Å². The largest absolute Gasteiger partial charge is 0.326 e. The van der Waals surface area contributed by atoms with Gasteiger partial charge in [0.05, 0.1) is 11.0 Å². The zero-order valence-corrected chi connectivity index (χ0v) is 11.8. The molecule has 3 rings (SSSR count). The first-order chi connectivity index (χ1) is 9.65. The Balaban J connectivity index is 2.12. The molecule has 3 aromatic rings. The predicted molar refractivity (Wildman–Crippen MR) is 82.8 cm³/mol. The summed E-state index contributed by atoms with van der Waals surface area (Å²) in [6, 6.07) is 16.3. The second-order valence-electron chi connectivity index (χ2n) is 5.53. The zero-order valence-electron chi connectivity index (χ0n) is 11.8. The monoisotopic (exact) mass is 266 g/mol. The van der Waals surface area contributed by atoms with Gasteiger partial charge in [-0.25, -0.2) is 4.79 Å². The number of rotatable bonds is 3. The molecule has 0 unspecified atom stereocenters. The molecule has 0 aliphatic heterocycles. The van der Waals surface area contributed by atoms with E-state index in [1.165, 1.54) is 0 Å². The Morgan fingerprint density at radius 1 is 1.05 bits per heavy atom. The second-order valence-corrected chi connectivity index (χ2v) is 5.53. The van der Waals surface area contributed by atoms with E-state index in [1.807, 2.05) is 34.9 Å². The summed E-state index contributed by atoms with van der Waals surface area (Å²) in [6.07, 6.45) is 0. The molecule has 3 nitrogen and oxygen atoms in total.